The van der Waals surface area contributed by atoms with E-state index < -0.39 is 5.82 Å². The van der Waals surface area contributed by atoms with Crippen LogP contribution in [0.15, 0.2) is 36.5 Å². The van der Waals surface area contributed by atoms with Gasteiger partial charge >= 0.3 is 0 Å². The molecule has 1 aromatic carbocycles. The Morgan fingerprint density at radius 1 is 1.21 bits per heavy atom. The molecule has 9 heteroatoms. The third-order valence-corrected chi connectivity index (χ3v) is 6.58. The van der Waals surface area contributed by atoms with Crippen LogP contribution in [0.2, 0.25) is 0 Å². The molecule has 2 aliphatic rings. The molecule has 34 heavy (non-hydrogen) atoms. The fourth-order valence-electron chi connectivity index (χ4n) is 4.75. The number of carbonyl (C=O) groups is 1. The average molecular weight is 461 g/mol. The first kappa shape index (κ1) is 22.0. The van der Waals surface area contributed by atoms with Crippen molar-refractivity contribution in [2.75, 3.05) is 14.1 Å². The Balaban J connectivity index is 1.48. The number of amides is 1. The monoisotopic (exact) mass is 460 g/mol. The largest absolute Gasteiger partial charge is 0.473 e. The van der Waals surface area contributed by atoms with Crippen molar-refractivity contribution in [3.05, 3.63) is 59.2 Å². The number of hydrogen-bond acceptors (Lipinski definition) is 6. The minimum Gasteiger partial charge on any atom is -0.473 e. The topological polar surface area (TPSA) is 96.1 Å². The second-order valence-electron chi connectivity index (χ2n) is 8.92. The van der Waals surface area contributed by atoms with Crippen LogP contribution >= 0.6 is 0 Å². The number of nitriles is 1. The van der Waals surface area contributed by atoms with Crippen molar-refractivity contribution >= 4 is 5.91 Å². The molecule has 1 aliphatic heterocycles. The summed E-state index contributed by atoms with van der Waals surface area (Å²) in [7, 11) is 4.21. The number of nitrogens with zero attached hydrogens (tertiary/aromatic N) is 5. The van der Waals surface area contributed by atoms with Crippen molar-refractivity contribution in [1.82, 2.24) is 25.0 Å². The van der Waals surface area contributed by atoms with Gasteiger partial charge in [0, 0.05) is 18.3 Å². The fraction of sp³-hybridized carbons (Fsp3) is 0.360. The van der Waals surface area contributed by atoms with Crippen LogP contribution in [0.3, 0.4) is 0 Å². The van der Waals surface area contributed by atoms with Gasteiger partial charge < -0.3 is 15.0 Å². The Morgan fingerprint density at radius 2 is 2.00 bits per heavy atom. The van der Waals surface area contributed by atoms with Crippen LogP contribution in [0.5, 0.6) is 5.88 Å². The molecule has 2 aromatic heterocycles. The Hall–Kier alpha value is -3.77. The van der Waals surface area contributed by atoms with Crippen LogP contribution in [0.1, 0.15) is 47.3 Å². The van der Waals surface area contributed by atoms with Crippen molar-refractivity contribution in [2.45, 2.75) is 44.4 Å². The van der Waals surface area contributed by atoms with E-state index in [4.69, 9.17) is 4.74 Å². The predicted molar refractivity (Wildman–Crippen MR) is 123 cm³/mol. The Labute approximate surface area is 197 Å². The minimum absolute atomic E-state index is 0.0955. The second kappa shape index (κ2) is 8.88. The van der Waals surface area contributed by atoms with Crippen molar-refractivity contribution < 1.29 is 13.9 Å². The Bertz CT molecular complexity index is 1290. The van der Waals surface area contributed by atoms with Gasteiger partial charge in [-0.15, -0.1) is 5.10 Å². The first-order valence-corrected chi connectivity index (χ1v) is 11.3. The van der Waals surface area contributed by atoms with Gasteiger partial charge in [0.25, 0.3) is 5.91 Å². The normalized spacial score (nSPS) is 19.6. The maximum Gasteiger partial charge on any atom is 0.255 e. The van der Waals surface area contributed by atoms with Crippen molar-refractivity contribution in [1.29, 1.82) is 5.26 Å². The summed E-state index contributed by atoms with van der Waals surface area (Å²) in [5.41, 5.74) is 1.90. The van der Waals surface area contributed by atoms with E-state index in [-0.39, 0.29) is 35.4 Å². The van der Waals surface area contributed by atoms with E-state index in [1.165, 1.54) is 12.1 Å². The molecule has 1 amide bonds. The molecule has 0 unspecified atom stereocenters. The van der Waals surface area contributed by atoms with E-state index in [0.717, 1.165) is 25.7 Å². The smallest absolute Gasteiger partial charge is 0.255 e. The second-order valence-corrected chi connectivity index (χ2v) is 8.92. The van der Waals surface area contributed by atoms with Crippen LogP contribution in [0, 0.1) is 17.1 Å². The van der Waals surface area contributed by atoms with Gasteiger partial charge in [-0.1, -0.05) is 6.07 Å². The quantitative estimate of drug-likeness (QED) is 0.627. The number of halogens is 1. The average Bonchev–Trinajstić information content (AvgIpc) is 3.45. The molecule has 0 atom stereocenters. The molecule has 1 aliphatic carbocycles. The number of pyridine rings is 1. The van der Waals surface area contributed by atoms with E-state index >= 15 is 0 Å². The van der Waals surface area contributed by atoms with Crippen molar-refractivity contribution in [2.24, 2.45) is 0 Å². The first-order valence-electron chi connectivity index (χ1n) is 11.3. The lowest BCUT2D eigenvalue weighted by Crippen LogP contribution is -2.35. The molecule has 174 valence electrons. The molecule has 0 spiro atoms. The van der Waals surface area contributed by atoms with Gasteiger partial charge in [0.05, 0.1) is 46.4 Å². The van der Waals surface area contributed by atoms with Gasteiger partial charge in [-0.2, -0.15) is 5.26 Å². The van der Waals surface area contributed by atoms with Crippen LogP contribution in [0.4, 0.5) is 4.39 Å². The molecule has 1 fully saturated rings. The van der Waals surface area contributed by atoms with Gasteiger partial charge in [0.1, 0.15) is 11.9 Å². The molecule has 0 radical (unpaired) electrons. The summed E-state index contributed by atoms with van der Waals surface area (Å²) in [6, 6.07) is 10.3. The third-order valence-electron chi connectivity index (χ3n) is 6.58. The summed E-state index contributed by atoms with van der Waals surface area (Å²) in [5.74, 6) is -0.340. The molecule has 0 bridgehead atoms. The lowest BCUT2D eigenvalue weighted by Gasteiger charge is -2.32. The van der Waals surface area contributed by atoms with Crippen molar-refractivity contribution in [3.63, 3.8) is 0 Å². The van der Waals surface area contributed by atoms with Crippen LogP contribution < -0.4 is 10.1 Å². The van der Waals surface area contributed by atoms with E-state index in [1.807, 2.05) is 6.07 Å². The van der Waals surface area contributed by atoms with Gasteiger partial charge in [-0.05, 0) is 58.0 Å². The van der Waals surface area contributed by atoms with Crippen LogP contribution in [0.25, 0.3) is 16.9 Å². The standard InChI is InChI=1S/C25H25FN6O2/c1-31(2)16-6-8-17(9-7-16)34-22-10-11-32(30-22)21-12-19(29-20-14-28-25(33)24(20)21)23-15(13-27)4-3-5-18(23)26/h3-5,10-12,16-17H,6-9,14H2,1-2H3,(H,28,33)/t16-,17-. The molecule has 1 N–H and O–H groups in total. The zero-order valence-electron chi connectivity index (χ0n) is 19.1. The summed E-state index contributed by atoms with van der Waals surface area (Å²) in [6.45, 7) is 0.227. The summed E-state index contributed by atoms with van der Waals surface area (Å²) in [6.07, 6.45) is 5.87. The first-order chi connectivity index (χ1) is 16.4. The van der Waals surface area contributed by atoms with E-state index in [1.54, 1.807) is 29.1 Å². The minimum atomic E-state index is -0.549. The third kappa shape index (κ3) is 4.01. The maximum atomic E-state index is 14.7. The number of rotatable bonds is 5. The van der Waals surface area contributed by atoms with Gasteiger partial charge in [0.2, 0.25) is 5.88 Å². The highest BCUT2D eigenvalue weighted by Gasteiger charge is 2.29. The van der Waals surface area contributed by atoms with Crippen molar-refractivity contribution in [3.8, 4) is 28.9 Å². The van der Waals surface area contributed by atoms with Crippen LogP contribution in [-0.4, -0.2) is 51.8 Å². The Morgan fingerprint density at radius 3 is 2.74 bits per heavy atom. The van der Waals surface area contributed by atoms with Gasteiger partial charge in [-0.25, -0.2) is 14.1 Å². The lowest BCUT2D eigenvalue weighted by molar-refractivity contribution is 0.0965. The lowest BCUT2D eigenvalue weighted by atomic mass is 9.92. The molecule has 1 saturated carbocycles. The molecular weight excluding hydrogens is 435 g/mol. The highest BCUT2D eigenvalue weighted by molar-refractivity contribution is 6.01. The summed E-state index contributed by atoms with van der Waals surface area (Å²) in [5, 5.41) is 16.8. The molecule has 0 saturated heterocycles. The summed E-state index contributed by atoms with van der Waals surface area (Å²) >= 11 is 0. The highest BCUT2D eigenvalue weighted by atomic mass is 19.1. The molecule has 8 nitrogen and oxygen atoms in total. The number of carbonyl (C=O) groups excluding carboxylic acids is 1. The number of ether oxygens (including phenoxy) is 1. The molecule has 3 aromatic rings. The molecule has 5 rings (SSSR count). The van der Waals surface area contributed by atoms with Gasteiger partial charge in [-0.3, -0.25) is 4.79 Å². The maximum absolute atomic E-state index is 14.7. The summed E-state index contributed by atoms with van der Waals surface area (Å²) in [4.78, 5) is 19.3. The number of benzene rings is 1. The number of nitrogens with one attached hydrogen (secondary N) is 1. The SMILES string of the molecule is CN(C)[C@H]1CC[C@H](Oc2ccn(-c3cc(-c4c(F)cccc4C#N)nc4c3C(=O)NC4)n2)CC1. The zero-order chi connectivity index (χ0) is 23.8. The van der Waals surface area contributed by atoms with Crippen LogP contribution in [-0.2, 0) is 6.54 Å². The van der Waals surface area contributed by atoms with E-state index in [0.29, 0.717) is 28.9 Å². The predicted octanol–water partition coefficient (Wildman–Crippen LogP) is 3.44. The number of aromatic nitrogens is 3. The number of hydrogen-bond donors (Lipinski definition) is 1. The summed E-state index contributed by atoms with van der Waals surface area (Å²) < 4.78 is 22.4. The van der Waals surface area contributed by atoms with E-state index in [2.05, 4.69) is 34.4 Å². The number of fused-ring (bicyclic) bond motifs is 1. The fourth-order valence-corrected chi connectivity index (χ4v) is 4.75. The Kier molecular flexibility index (Phi) is 5.75. The molecular formula is C25H25FN6O2. The zero-order valence-corrected chi connectivity index (χ0v) is 19.1. The van der Waals surface area contributed by atoms with E-state index in [9.17, 15) is 14.4 Å². The van der Waals surface area contributed by atoms with Gasteiger partial charge in [0.15, 0.2) is 0 Å². The molecule has 3 heterocycles. The highest BCUT2D eigenvalue weighted by Crippen LogP contribution is 2.32.